The Hall–Kier alpha value is -1.35. The minimum absolute atomic E-state index is 0.0659. The summed E-state index contributed by atoms with van der Waals surface area (Å²) in [6.07, 6.45) is 3.38. The van der Waals surface area contributed by atoms with Crippen LogP contribution in [0, 0.1) is 0 Å². The first-order chi connectivity index (χ1) is 8.72. The molecule has 96 valence electrons. The normalized spacial score (nSPS) is 14.4. The number of benzene rings is 1. The fourth-order valence-electron chi connectivity index (χ4n) is 2.22. The van der Waals surface area contributed by atoms with Crippen molar-refractivity contribution < 1.29 is 0 Å². The molecule has 0 aliphatic heterocycles. The maximum absolute atomic E-state index is 6.27. The van der Waals surface area contributed by atoms with E-state index in [0.717, 1.165) is 18.7 Å². The molecule has 18 heavy (non-hydrogen) atoms. The van der Waals surface area contributed by atoms with Gasteiger partial charge in [0, 0.05) is 24.8 Å². The van der Waals surface area contributed by atoms with E-state index in [-0.39, 0.29) is 5.41 Å². The molecule has 1 aromatic heterocycles. The molecule has 0 spiro atoms. The second-order valence-corrected chi connectivity index (χ2v) is 4.88. The van der Waals surface area contributed by atoms with Crippen LogP contribution in [0.3, 0.4) is 0 Å². The van der Waals surface area contributed by atoms with Crippen LogP contribution in [0.2, 0.25) is 0 Å². The number of alkyl halides is 1. The monoisotopic (exact) mass is 263 g/mol. The van der Waals surface area contributed by atoms with Crippen LogP contribution >= 0.6 is 11.6 Å². The summed E-state index contributed by atoms with van der Waals surface area (Å²) < 4.78 is 1.82. The summed E-state index contributed by atoms with van der Waals surface area (Å²) in [6.45, 7) is 2.17. The van der Waals surface area contributed by atoms with Gasteiger partial charge in [0.15, 0.2) is 0 Å². The molecular weight excluding hydrogens is 246 g/mol. The van der Waals surface area contributed by atoms with Crippen molar-refractivity contribution in [3.8, 4) is 0 Å². The lowest BCUT2D eigenvalue weighted by Gasteiger charge is -2.30. The first kappa shape index (κ1) is 13.1. The molecule has 0 aliphatic rings. The summed E-state index contributed by atoms with van der Waals surface area (Å²) in [5.74, 6) is 1.56. The smallest absolute Gasteiger partial charge is 0.138 e. The molecule has 0 bridgehead atoms. The van der Waals surface area contributed by atoms with E-state index >= 15 is 0 Å². The van der Waals surface area contributed by atoms with E-state index < -0.39 is 0 Å². The third-order valence-electron chi connectivity index (χ3n) is 3.62. The molecule has 0 N–H and O–H groups in total. The van der Waals surface area contributed by atoms with Gasteiger partial charge in [-0.2, -0.15) is 5.10 Å². The van der Waals surface area contributed by atoms with E-state index in [4.69, 9.17) is 11.6 Å². The Balaban J connectivity index is 2.36. The quantitative estimate of drug-likeness (QED) is 0.777. The Morgan fingerprint density at radius 1 is 1.28 bits per heavy atom. The molecule has 1 unspecified atom stereocenters. The van der Waals surface area contributed by atoms with Crippen LogP contribution in [0.1, 0.15) is 24.7 Å². The summed E-state index contributed by atoms with van der Waals surface area (Å²) in [4.78, 5) is 4.32. The Labute approximate surface area is 113 Å². The predicted octanol–water partition coefficient (Wildman–Crippen LogP) is 2.94. The molecule has 2 rings (SSSR count). The molecule has 4 heteroatoms. The second kappa shape index (κ2) is 5.53. The van der Waals surface area contributed by atoms with Gasteiger partial charge in [0.2, 0.25) is 0 Å². The highest BCUT2D eigenvalue weighted by atomic mass is 35.5. The van der Waals surface area contributed by atoms with Gasteiger partial charge in [0.05, 0.1) is 0 Å². The van der Waals surface area contributed by atoms with Crippen LogP contribution in [0.25, 0.3) is 0 Å². The van der Waals surface area contributed by atoms with Crippen LogP contribution in [0.4, 0.5) is 0 Å². The molecule has 0 fully saturated rings. The third kappa shape index (κ3) is 2.41. The van der Waals surface area contributed by atoms with E-state index in [1.54, 1.807) is 6.33 Å². The number of aryl methyl sites for hydroxylation is 1. The highest BCUT2D eigenvalue weighted by molar-refractivity contribution is 6.18. The number of rotatable bonds is 5. The van der Waals surface area contributed by atoms with Gasteiger partial charge in [-0.15, -0.1) is 11.6 Å². The van der Waals surface area contributed by atoms with Crippen LogP contribution in [-0.2, 0) is 18.9 Å². The van der Waals surface area contributed by atoms with Gasteiger partial charge in [-0.25, -0.2) is 4.98 Å². The summed E-state index contributed by atoms with van der Waals surface area (Å²) >= 11 is 6.27. The summed E-state index contributed by atoms with van der Waals surface area (Å²) in [5.41, 5.74) is 1.20. The van der Waals surface area contributed by atoms with Crippen molar-refractivity contribution in [2.45, 2.75) is 25.2 Å². The van der Waals surface area contributed by atoms with Gasteiger partial charge in [-0.1, -0.05) is 37.3 Å². The molecule has 0 saturated heterocycles. The van der Waals surface area contributed by atoms with E-state index in [1.807, 2.05) is 17.8 Å². The van der Waals surface area contributed by atoms with E-state index in [2.05, 4.69) is 41.3 Å². The SMILES string of the molecule is CCC(CCl)(Cc1ncnn1C)c1ccccc1. The highest BCUT2D eigenvalue weighted by Gasteiger charge is 2.31. The second-order valence-electron chi connectivity index (χ2n) is 4.61. The summed E-state index contributed by atoms with van der Waals surface area (Å²) in [7, 11) is 1.92. The average Bonchev–Trinajstić information content (AvgIpc) is 2.82. The molecule has 1 aromatic carbocycles. The minimum Gasteiger partial charge on any atom is -0.253 e. The lowest BCUT2D eigenvalue weighted by Crippen LogP contribution is -2.31. The lowest BCUT2D eigenvalue weighted by molar-refractivity contribution is 0.437. The molecule has 0 amide bonds. The maximum Gasteiger partial charge on any atom is 0.138 e. The van der Waals surface area contributed by atoms with Gasteiger partial charge in [0.1, 0.15) is 12.2 Å². The van der Waals surface area contributed by atoms with E-state index in [9.17, 15) is 0 Å². The van der Waals surface area contributed by atoms with Crippen molar-refractivity contribution in [2.75, 3.05) is 5.88 Å². The molecule has 0 radical (unpaired) electrons. The zero-order valence-electron chi connectivity index (χ0n) is 10.8. The molecule has 1 atom stereocenters. The van der Waals surface area contributed by atoms with E-state index in [1.165, 1.54) is 5.56 Å². The molecule has 2 aromatic rings. The summed E-state index contributed by atoms with van der Waals surface area (Å²) in [5, 5.41) is 4.13. The standard InChI is InChI=1S/C14H18ClN3/c1-3-14(10-15,12-7-5-4-6-8-12)9-13-16-11-17-18(13)2/h4-8,11H,3,9-10H2,1-2H3. The Morgan fingerprint density at radius 3 is 2.50 bits per heavy atom. The zero-order valence-corrected chi connectivity index (χ0v) is 11.6. The van der Waals surface area contributed by atoms with Crippen molar-refractivity contribution in [3.63, 3.8) is 0 Å². The molecule has 1 heterocycles. The third-order valence-corrected chi connectivity index (χ3v) is 4.13. The Morgan fingerprint density at radius 2 is 2.00 bits per heavy atom. The first-order valence-electron chi connectivity index (χ1n) is 6.16. The highest BCUT2D eigenvalue weighted by Crippen LogP contribution is 2.32. The lowest BCUT2D eigenvalue weighted by atomic mass is 9.77. The van der Waals surface area contributed by atoms with Crippen molar-refractivity contribution in [1.82, 2.24) is 14.8 Å². The van der Waals surface area contributed by atoms with Gasteiger partial charge in [0.25, 0.3) is 0 Å². The predicted molar refractivity (Wildman–Crippen MR) is 73.8 cm³/mol. The average molecular weight is 264 g/mol. The first-order valence-corrected chi connectivity index (χ1v) is 6.69. The number of nitrogens with zero attached hydrogens (tertiary/aromatic N) is 3. The topological polar surface area (TPSA) is 30.7 Å². The number of halogens is 1. The van der Waals surface area contributed by atoms with Crippen molar-refractivity contribution in [2.24, 2.45) is 7.05 Å². The van der Waals surface area contributed by atoms with Gasteiger partial charge >= 0.3 is 0 Å². The number of hydrogen-bond donors (Lipinski definition) is 0. The fourth-order valence-corrected chi connectivity index (χ4v) is 2.66. The molecule has 0 aliphatic carbocycles. The van der Waals surface area contributed by atoms with Crippen LogP contribution in [-0.4, -0.2) is 20.6 Å². The van der Waals surface area contributed by atoms with Crippen molar-refractivity contribution >= 4 is 11.6 Å². The zero-order chi connectivity index (χ0) is 13.0. The Bertz CT molecular complexity index is 489. The van der Waals surface area contributed by atoms with Crippen LogP contribution in [0.15, 0.2) is 36.7 Å². The molecule has 0 saturated carbocycles. The van der Waals surface area contributed by atoms with Crippen molar-refractivity contribution in [1.29, 1.82) is 0 Å². The largest absolute Gasteiger partial charge is 0.253 e. The van der Waals surface area contributed by atoms with Crippen LogP contribution in [0.5, 0.6) is 0 Å². The minimum atomic E-state index is -0.0659. The molecular formula is C14H18ClN3. The fraction of sp³-hybridized carbons (Fsp3) is 0.429. The van der Waals surface area contributed by atoms with E-state index in [0.29, 0.717) is 5.88 Å². The van der Waals surface area contributed by atoms with Gasteiger partial charge < -0.3 is 0 Å². The molecule has 3 nitrogen and oxygen atoms in total. The number of hydrogen-bond acceptors (Lipinski definition) is 2. The maximum atomic E-state index is 6.27. The van der Waals surface area contributed by atoms with Crippen LogP contribution < -0.4 is 0 Å². The number of aromatic nitrogens is 3. The summed E-state index contributed by atoms with van der Waals surface area (Å²) in [6, 6.07) is 10.4. The van der Waals surface area contributed by atoms with Crippen molar-refractivity contribution in [3.05, 3.63) is 48.0 Å². The van der Waals surface area contributed by atoms with Gasteiger partial charge in [-0.3, -0.25) is 4.68 Å². The Kier molecular flexibility index (Phi) is 4.02. The van der Waals surface area contributed by atoms with Gasteiger partial charge in [-0.05, 0) is 12.0 Å².